The highest BCUT2D eigenvalue weighted by Crippen LogP contribution is 2.41. The Balaban J connectivity index is 1.53. The molecule has 1 aliphatic heterocycles. The first-order valence-electron chi connectivity index (χ1n) is 10.3. The van der Waals surface area contributed by atoms with Gasteiger partial charge in [0.25, 0.3) is 0 Å². The average Bonchev–Trinajstić information content (AvgIpc) is 2.79. The van der Waals surface area contributed by atoms with Crippen LogP contribution in [-0.4, -0.2) is 17.0 Å². The number of rotatable bonds is 7. The minimum atomic E-state index is -0.938. The van der Waals surface area contributed by atoms with E-state index < -0.39 is 16.8 Å². The van der Waals surface area contributed by atoms with Crippen LogP contribution in [0.15, 0.2) is 84.9 Å². The van der Waals surface area contributed by atoms with Crippen molar-refractivity contribution in [3.63, 3.8) is 0 Å². The molecule has 5 heteroatoms. The van der Waals surface area contributed by atoms with Crippen LogP contribution in [-0.2, 0) is 32.1 Å². The van der Waals surface area contributed by atoms with Gasteiger partial charge in [0.2, 0.25) is 0 Å². The number of hydrogen-bond donors (Lipinski definition) is 0. The smallest absolute Gasteiger partial charge is 0.327 e. The second-order valence-electron chi connectivity index (χ2n) is 7.69. The molecule has 0 spiro atoms. The van der Waals surface area contributed by atoms with Crippen molar-refractivity contribution >= 4 is 35.1 Å². The monoisotopic (exact) mass is 450 g/mol. The first-order chi connectivity index (χ1) is 15.1. The summed E-state index contributed by atoms with van der Waals surface area (Å²) in [7, 11) is 0. The summed E-state index contributed by atoms with van der Waals surface area (Å²) in [5.41, 5.74) is 1.98. The molecule has 0 aliphatic carbocycles. The number of thioether (sulfide) groups is 1. The zero-order valence-electron chi connectivity index (χ0n) is 17.0. The fourth-order valence-electron chi connectivity index (χ4n) is 3.91. The van der Waals surface area contributed by atoms with Gasteiger partial charge >= 0.3 is 5.97 Å². The van der Waals surface area contributed by atoms with E-state index in [1.807, 2.05) is 84.9 Å². The molecule has 1 saturated heterocycles. The van der Waals surface area contributed by atoms with Crippen molar-refractivity contribution < 1.29 is 14.3 Å². The Labute approximate surface area is 191 Å². The number of carbonyl (C=O) groups is 2. The van der Waals surface area contributed by atoms with Gasteiger partial charge in [0.15, 0.2) is 11.0 Å². The largest absolute Gasteiger partial charge is 0.453 e. The van der Waals surface area contributed by atoms with Gasteiger partial charge in [0, 0.05) is 10.8 Å². The molecule has 31 heavy (non-hydrogen) atoms. The van der Waals surface area contributed by atoms with Crippen molar-refractivity contribution in [1.82, 2.24) is 0 Å². The molecule has 1 aliphatic rings. The van der Waals surface area contributed by atoms with E-state index in [0.29, 0.717) is 23.6 Å². The van der Waals surface area contributed by atoms with Gasteiger partial charge in [-0.2, -0.15) is 0 Å². The fourth-order valence-corrected chi connectivity index (χ4v) is 5.25. The maximum absolute atomic E-state index is 13.2. The topological polar surface area (TPSA) is 43.4 Å². The van der Waals surface area contributed by atoms with Gasteiger partial charge in [-0.3, -0.25) is 9.59 Å². The van der Waals surface area contributed by atoms with Crippen molar-refractivity contribution in [3.05, 3.63) is 107 Å². The zero-order valence-corrected chi connectivity index (χ0v) is 18.6. The lowest BCUT2D eigenvalue weighted by molar-refractivity contribution is -0.171. The number of ketones is 1. The molecule has 0 radical (unpaired) electrons. The summed E-state index contributed by atoms with van der Waals surface area (Å²) in [5, 5.41) is -0.196. The number of aryl methyl sites for hydroxylation is 1. The summed E-state index contributed by atoms with van der Waals surface area (Å²) in [6, 6.07) is 27.1. The van der Waals surface area contributed by atoms with Gasteiger partial charge in [0.05, 0.1) is 6.42 Å². The molecule has 4 rings (SSSR count). The minimum Gasteiger partial charge on any atom is -0.453 e. The van der Waals surface area contributed by atoms with Gasteiger partial charge in [-0.25, -0.2) is 0 Å². The number of hydrogen-bond acceptors (Lipinski definition) is 4. The third kappa shape index (κ3) is 5.03. The predicted octanol–water partition coefficient (Wildman–Crippen LogP) is 5.99. The Morgan fingerprint density at radius 1 is 0.903 bits per heavy atom. The molecule has 3 nitrogen and oxygen atoms in total. The van der Waals surface area contributed by atoms with Crippen LogP contribution in [0.4, 0.5) is 0 Å². The highest BCUT2D eigenvalue weighted by molar-refractivity contribution is 8.00. The van der Waals surface area contributed by atoms with Crippen LogP contribution in [0.2, 0.25) is 5.02 Å². The Hall–Kier alpha value is -2.56. The second kappa shape index (κ2) is 9.71. The zero-order chi connectivity index (χ0) is 21.7. The molecule has 3 aromatic rings. The van der Waals surface area contributed by atoms with Crippen LogP contribution >= 0.6 is 23.4 Å². The molecule has 3 aromatic carbocycles. The molecule has 0 amide bonds. The van der Waals surface area contributed by atoms with E-state index in [9.17, 15) is 9.59 Å². The lowest BCUT2D eigenvalue weighted by Gasteiger charge is -2.39. The third-order valence-electron chi connectivity index (χ3n) is 5.59. The van der Waals surface area contributed by atoms with Crippen molar-refractivity contribution in [2.75, 3.05) is 0 Å². The lowest BCUT2D eigenvalue weighted by Crippen LogP contribution is -2.47. The summed E-state index contributed by atoms with van der Waals surface area (Å²) < 4.78 is 6.07. The van der Waals surface area contributed by atoms with Gasteiger partial charge in [-0.05, 0) is 35.6 Å². The van der Waals surface area contributed by atoms with Crippen LogP contribution in [0.3, 0.4) is 0 Å². The number of halogens is 1. The van der Waals surface area contributed by atoms with E-state index in [4.69, 9.17) is 16.3 Å². The lowest BCUT2D eigenvalue weighted by atomic mass is 9.81. The van der Waals surface area contributed by atoms with E-state index in [2.05, 4.69) is 0 Å². The second-order valence-corrected chi connectivity index (χ2v) is 9.19. The van der Waals surface area contributed by atoms with Gasteiger partial charge in [-0.1, -0.05) is 90.5 Å². The highest BCUT2D eigenvalue weighted by Gasteiger charge is 2.47. The molecule has 0 bridgehead atoms. The number of ether oxygens (including phenoxy) is 1. The summed E-state index contributed by atoms with van der Waals surface area (Å²) in [6.07, 6.45) is 1.45. The van der Waals surface area contributed by atoms with Crippen LogP contribution < -0.4 is 0 Å². The average molecular weight is 451 g/mol. The van der Waals surface area contributed by atoms with Crippen molar-refractivity contribution in [2.24, 2.45) is 0 Å². The van der Waals surface area contributed by atoms with Crippen molar-refractivity contribution in [1.29, 1.82) is 0 Å². The highest BCUT2D eigenvalue weighted by atomic mass is 35.5. The standard InChI is InChI=1S/C26H23ClO3S/c27-22-14-8-7-11-20(22)18-31-24-23(28)17-26(30-25(24)29,21-12-5-2-6-13-21)16-15-19-9-3-1-4-10-19/h1-14,24H,15-18H2. The van der Waals surface area contributed by atoms with E-state index in [0.717, 1.165) is 16.7 Å². The predicted molar refractivity (Wildman–Crippen MR) is 125 cm³/mol. The molecule has 1 fully saturated rings. The summed E-state index contributed by atoms with van der Waals surface area (Å²) >= 11 is 7.51. The normalized spacial score (nSPS) is 21.0. The third-order valence-corrected chi connectivity index (χ3v) is 7.22. The molecular formula is C26H23ClO3S. The van der Waals surface area contributed by atoms with Gasteiger partial charge in [0.1, 0.15) is 5.60 Å². The number of Topliss-reactive ketones (excluding diaryl/α,β-unsaturated/α-hetero) is 1. The van der Waals surface area contributed by atoms with Gasteiger partial charge < -0.3 is 4.74 Å². The summed E-state index contributed by atoms with van der Waals surface area (Å²) in [5.74, 6) is -0.0801. The minimum absolute atomic E-state index is 0.0924. The number of cyclic esters (lactones) is 1. The fraction of sp³-hybridized carbons (Fsp3) is 0.231. The molecule has 1 heterocycles. The maximum Gasteiger partial charge on any atom is 0.327 e. The van der Waals surface area contributed by atoms with Crippen molar-refractivity contribution in [2.45, 2.75) is 35.9 Å². The maximum atomic E-state index is 13.2. The van der Waals surface area contributed by atoms with Crippen molar-refractivity contribution in [3.8, 4) is 0 Å². The van der Waals surface area contributed by atoms with Crippen LogP contribution in [0.5, 0.6) is 0 Å². The molecule has 158 valence electrons. The summed E-state index contributed by atoms with van der Waals surface area (Å²) in [4.78, 5) is 26.2. The summed E-state index contributed by atoms with van der Waals surface area (Å²) in [6.45, 7) is 0. The molecule has 0 saturated carbocycles. The number of benzene rings is 3. The number of carbonyl (C=O) groups excluding carboxylic acids is 2. The first-order valence-corrected chi connectivity index (χ1v) is 11.7. The number of esters is 1. The van der Waals surface area contributed by atoms with E-state index in [1.165, 1.54) is 11.8 Å². The quantitative estimate of drug-likeness (QED) is 0.327. The van der Waals surface area contributed by atoms with Crippen LogP contribution in [0.25, 0.3) is 0 Å². The van der Waals surface area contributed by atoms with Crippen LogP contribution in [0, 0.1) is 0 Å². The Kier molecular flexibility index (Phi) is 6.79. The molecular weight excluding hydrogens is 428 g/mol. The molecule has 2 atom stereocenters. The Morgan fingerprint density at radius 2 is 1.55 bits per heavy atom. The Morgan fingerprint density at radius 3 is 2.23 bits per heavy atom. The van der Waals surface area contributed by atoms with Crippen LogP contribution in [0.1, 0.15) is 29.5 Å². The van der Waals surface area contributed by atoms with E-state index >= 15 is 0 Å². The van der Waals surface area contributed by atoms with Gasteiger partial charge in [-0.15, -0.1) is 11.8 Å². The SMILES string of the molecule is O=C1CC(CCc2ccccc2)(c2ccccc2)OC(=O)C1SCc1ccccc1Cl. The first kappa shape index (κ1) is 21.7. The Bertz CT molecular complexity index is 1030. The molecule has 0 N–H and O–H groups in total. The molecule has 2 unspecified atom stereocenters. The van der Waals surface area contributed by atoms with E-state index in [-0.39, 0.29) is 12.2 Å². The molecule has 0 aromatic heterocycles. The van der Waals surface area contributed by atoms with E-state index in [1.54, 1.807) is 0 Å².